The largest absolute Gasteiger partial charge is 0.324 e. The first-order valence-electron chi connectivity index (χ1n) is 8.91. The molecule has 5 nitrogen and oxygen atoms in total. The quantitative estimate of drug-likeness (QED) is 0.686. The molecule has 0 saturated heterocycles. The first kappa shape index (κ1) is 18.6. The molecule has 0 atom stereocenters. The van der Waals surface area contributed by atoms with Crippen molar-refractivity contribution < 1.29 is 4.79 Å². The van der Waals surface area contributed by atoms with Crippen LogP contribution in [-0.4, -0.2) is 15.9 Å². The maximum atomic E-state index is 12.7. The molecule has 138 valence electrons. The molecule has 2 aromatic carbocycles. The molecular weight excluding hydrogens is 336 g/mol. The number of anilines is 3. The van der Waals surface area contributed by atoms with Gasteiger partial charge in [-0.05, 0) is 75.1 Å². The van der Waals surface area contributed by atoms with Gasteiger partial charge in [-0.2, -0.15) is 0 Å². The van der Waals surface area contributed by atoms with Crippen LogP contribution in [0.1, 0.15) is 38.4 Å². The van der Waals surface area contributed by atoms with Gasteiger partial charge in [-0.15, -0.1) is 0 Å². The monoisotopic (exact) mass is 360 g/mol. The molecule has 0 fully saturated rings. The number of amides is 1. The number of benzene rings is 2. The lowest BCUT2D eigenvalue weighted by Crippen LogP contribution is -2.16. The van der Waals surface area contributed by atoms with Crippen LogP contribution in [0, 0.1) is 34.6 Å². The molecular formula is C22H24N4O. The van der Waals surface area contributed by atoms with Gasteiger partial charge in [0, 0.05) is 17.1 Å². The van der Waals surface area contributed by atoms with Gasteiger partial charge in [0.2, 0.25) is 5.95 Å². The number of hydrogen-bond acceptors (Lipinski definition) is 4. The number of carbonyl (C=O) groups is 1. The Morgan fingerprint density at radius 1 is 0.852 bits per heavy atom. The lowest BCUT2D eigenvalue weighted by molar-refractivity contribution is 0.102. The number of rotatable bonds is 4. The van der Waals surface area contributed by atoms with Crippen LogP contribution in [0.25, 0.3) is 0 Å². The van der Waals surface area contributed by atoms with Crippen LogP contribution in [0.4, 0.5) is 17.3 Å². The fourth-order valence-corrected chi connectivity index (χ4v) is 2.80. The Hall–Kier alpha value is -3.21. The van der Waals surface area contributed by atoms with Crippen molar-refractivity contribution >= 4 is 23.2 Å². The minimum atomic E-state index is -0.252. The molecule has 0 aliphatic heterocycles. The van der Waals surface area contributed by atoms with E-state index in [1.165, 1.54) is 5.56 Å². The summed E-state index contributed by atoms with van der Waals surface area (Å²) >= 11 is 0. The molecule has 0 spiro atoms. The van der Waals surface area contributed by atoms with Crippen molar-refractivity contribution in [3.63, 3.8) is 0 Å². The molecule has 0 aliphatic rings. The lowest BCUT2D eigenvalue weighted by Gasteiger charge is -2.12. The van der Waals surface area contributed by atoms with E-state index < -0.39 is 0 Å². The summed E-state index contributed by atoms with van der Waals surface area (Å²) in [4.78, 5) is 21.6. The van der Waals surface area contributed by atoms with Crippen LogP contribution in [0.5, 0.6) is 0 Å². The molecule has 1 amide bonds. The molecule has 0 aliphatic carbocycles. The van der Waals surface area contributed by atoms with Gasteiger partial charge < -0.3 is 10.6 Å². The second-order valence-electron chi connectivity index (χ2n) is 6.86. The van der Waals surface area contributed by atoms with Crippen molar-refractivity contribution in [3.8, 4) is 0 Å². The van der Waals surface area contributed by atoms with Gasteiger partial charge in [-0.1, -0.05) is 24.3 Å². The Balaban J connectivity index is 1.87. The van der Waals surface area contributed by atoms with Crippen LogP contribution < -0.4 is 10.6 Å². The van der Waals surface area contributed by atoms with E-state index in [2.05, 4.69) is 33.6 Å². The number of aromatic nitrogens is 2. The van der Waals surface area contributed by atoms with Gasteiger partial charge >= 0.3 is 0 Å². The second-order valence-corrected chi connectivity index (χ2v) is 6.86. The zero-order valence-corrected chi connectivity index (χ0v) is 16.3. The second kappa shape index (κ2) is 7.58. The maximum Gasteiger partial charge on any atom is 0.274 e. The normalized spacial score (nSPS) is 10.6. The summed E-state index contributed by atoms with van der Waals surface area (Å²) in [5, 5.41) is 6.18. The minimum absolute atomic E-state index is 0.252. The van der Waals surface area contributed by atoms with Crippen molar-refractivity contribution in [1.82, 2.24) is 9.97 Å². The molecule has 0 saturated carbocycles. The van der Waals surface area contributed by atoms with Crippen LogP contribution in [0.15, 0.2) is 42.5 Å². The van der Waals surface area contributed by atoms with E-state index in [1.54, 1.807) is 6.07 Å². The molecule has 3 rings (SSSR count). The highest BCUT2D eigenvalue weighted by molar-refractivity contribution is 6.03. The van der Waals surface area contributed by atoms with Crippen molar-refractivity contribution in [2.24, 2.45) is 0 Å². The van der Waals surface area contributed by atoms with E-state index in [0.29, 0.717) is 11.6 Å². The summed E-state index contributed by atoms with van der Waals surface area (Å²) in [7, 11) is 0. The summed E-state index contributed by atoms with van der Waals surface area (Å²) in [6.07, 6.45) is 0. The third-order valence-corrected chi connectivity index (χ3v) is 4.58. The fourth-order valence-electron chi connectivity index (χ4n) is 2.80. The summed E-state index contributed by atoms with van der Waals surface area (Å²) in [5.74, 6) is 0.160. The Bertz CT molecular complexity index is 1010. The standard InChI is InChI=1S/C22H24N4O/c1-13-9-10-15(3)19(11-13)24-21(27)20-12-16(4)23-22(26-20)25-18-8-6-7-14(2)17(18)5/h6-12H,1-5H3,(H,24,27)(H,23,25,26). The van der Waals surface area contributed by atoms with Gasteiger partial charge in [0.25, 0.3) is 5.91 Å². The molecule has 0 bridgehead atoms. The van der Waals surface area contributed by atoms with Crippen LogP contribution in [0.3, 0.4) is 0 Å². The first-order chi connectivity index (χ1) is 12.8. The minimum Gasteiger partial charge on any atom is -0.324 e. The van der Waals surface area contributed by atoms with Gasteiger partial charge in [-0.25, -0.2) is 9.97 Å². The fraction of sp³-hybridized carbons (Fsp3) is 0.227. The third kappa shape index (κ3) is 4.31. The Labute approximate surface area is 159 Å². The number of carbonyl (C=O) groups excluding carboxylic acids is 1. The molecule has 27 heavy (non-hydrogen) atoms. The summed E-state index contributed by atoms with van der Waals surface area (Å²) < 4.78 is 0. The Morgan fingerprint density at radius 3 is 2.41 bits per heavy atom. The van der Waals surface area contributed by atoms with Crippen molar-refractivity contribution in [3.05, 3.63) is 76.1 Å². The Kier molecular flexibility index (Phi) is 5.21. The molecule has 0 radical (unpaired) electrons. The number of nitrogens with one attached hydrogen (secondary N) is 2. The molecule has 1 heterocycles. The van der Waals surface area contributed by atoms with Gasteiger partial charge in [0.05, 0.1) is 0 Å². The van der Waals surface area contributed by atoms with Gasteiger partial charge in [0.1, 0.15) is 5.69 Å². The zero-order valence-electron chi connectivity index (χ0n) is 16.3. The predicted octanol–water partition coefficient (Wildman–Crippen LogP) is 5.01. The molecule has 1 aromatic heterocycles. The average Bonchev–Trinajstić information content (AvgIpc) is 2.61. The Morgan fingerprint density at radius 2 is 1.63 bits per heavy atom. The zero-order chi connectivity index (χ0) is 19.6. The van der Waals surface area contributed by atoms with E-state index in [0.717, 1.165) is 33.8 Å². The van der Waals surface area contributed by atoms with E-state index in [1.807, 2.05) is 58.0 Å². The highest BCUT2D eigenvalue weighted by Crippen LogP contribution is 2.22. The van der Waals surface area contributed by atoms with Crippen molar-refractivity contribution in [2.75, 3.05) is 10.6 Å². The summed E-state index contributed by atoms with van der Waals surface area (Å²) in [5.41, 5.74) is 7.19. The SMILES string of the molecule is Cc1ccc(C)c(NC(=O)c2cc(C)nc(Nc3cccc(C)c3C)n2)c1. The van der Waals surface area contributed by atoms with E-state index in [9.17, 15) is 4.79 Å². The number of aryl methyl sites for hydroxylation is 4. The van der Waals surface area contributed by atoms with Crippen molar-refractivity contribution in [1.29, 1.82) is 0 Å². The topological polar surface area (TPSA) is 66.9 Å². The maximum absolute atomic E-state index is 12.7. The lowest BCUT2D eigenvalue weighted by atomic mass is 10.1. The predicted molar refractivity (Wildman–Crippen MR) is 110 cm³/mol. The van der Waals surface area contributed by atoms with Crippen LogP contribution in [0.2, 0.25) is 0 Å². The van der Waals surface area contributed by atoms with E-state index in [-0.39, 0.29) is 5.91 Å². The summed E-state index contributed by atoms with van der Waals surface area (Å²) in [6, 6.07) is 13.7. The molecule has 0 unspecified atom stereocenters. The number of nitrogens with zero attached hydrogens (tertiary/aromatic N) is 2. The third-order valence-electron chi connectivity index (χ3n) is 4.58. The average molecular weight is 360 g/mol. The molecule has 2 N–H and O–H groups in total. The van der Waals surface area contributed by atoms with Gasteiger partial charge in [0.15, 0.2) is 0 Å². The molecule has 5 heteroatoms. The first-order valence-corrected chi connectivity index (χ1v) is 8.91. The van der Waals surface area contributed by atoms with Crippen LogP contribution in [-0.2, 0) is 0 Å². The summed E-state index contributed by atoms with van der Waals surface area (Å²) in [6.45, 7) is 9.91. The van der Waals surface area contributed by atoms with E-state index >= 15 is 0 Å². The molecule has 3 aromatic rings. The smallest absolute Gasteiger partial charge is 0.274 e. The highest BCUT2D eigenvalue weighted by atomic mass is 16.1. The number of hydrogen-bond donors (Lipinski definition) is 2. The van der Waals surface area contributed by atoms with Crippen molar-refractivity contribution in [2.45, 2.75) is 34.6 Å². The van der Waals surface area contributed by atoms with Gasteiger partial charge in [-0.3, -0.25) is 4.79 Å². The van der Waals surface area contributed by atoms with E-state index in [4.69, 9.17) is 0 Å². The van der Waals surface area contributed by atoms with Crippen LogP contribution >= 0.6 is 0 Å². The highest BCUT2D eigenvalue weighted by Gasteiger charge is 2.13.